The number of hydrogen-bond donors (Lipinski definition) is 1. The van der Waals surface area contributed by atoms with Gasteiger partial charge in [-0.3, -0.25) is 0 Å². The summed E-state index contributed by atoms with van der Waals surface area (Å²) < 4.78 is 5.41. The Bertz CT molecular complexity index is 320. The van der Waals surface area contributed by atoms with Crippen LogP contribution in [0.2, 0.25) is 0 Å². The minimum Gasteiger partial charge on any atom is -0.494 e. The van der Waals surface area contributed by atoms with Crippen LogP contribution in [0.25, 0.3) is 0 Å². The molecule has 0 aliphatic heterocycles. The lowest BCUT2D eigenvalue weighted by Gasteiger charge is -2.06. The largest absolute Gasteiger partial charge is 0.494 e. The number of benzene rings is 1. The van der Waals surface area contributed by atoms with Crippen LogP contribution in [0.4, 0.5) is 0 Å². The number of rotatable bonds is 6. The molecule has 1 fully saturated rings. The van der Waals surface area contributed by atoms with E-state index >= 15 is 0 Å². The lowest BCUT2D eigenvalue weighted by Crippen LogP contribution is -2.16. The highest BCUT2D eigenvalue weighted by Crippen LogP contribution is 2.36. The van der Waals surface area contributed by atoms with E-state index in [1.54, 1.807) is 0 Å². The highest BCUT2D eigenvalue weighted by Gasteiger charge is 2.31. The molecule has 2 rings (SSSR count). The Morgan fingerprint density at radius 2 is 2.00 bits per heavy atom. The van der Waals surface area contributed by atoms with Gasteiger partial charge < -0.3 is 10.1 Å². The number of ether oxygens (including phenoxy) is 1. The second-order valence-electron chi connectivity index (χ2n) is 4.68. The first-order valence-corrected chi connectivity index (χ1v) is 6.22. The lowest BCUT2D eigenvalue weighted by molar-refractivity contribution is 0.340. The minimum atomic E-state index is 0.733. The van der Waals surface area contributed by atoms with Gasteiger partial charge in [-0.05, 0) is 49.4 Å². The molecular formula is C14H21NO. The van der Waals surface area contributed by atoms with Gasteiger partial charge in [0.05, 0.1) is 6.61 Å². The van der Waals surface area contributed by atoms with Gasteiger partial charge in [0.25, 0.3) is 0 Å². The molecule has 1 saturated carbocycles. The summed E-state index contributed by atoms with van der Waals surface area (Å²) >= 11 is 0. The van der Waals surface area contributed by atoms with E-state index in [0.29, 0.717) is 0 Å². The van der Waals surface area contributed by atoms with Crippen molar-refractivity contribution in [2.75, 3.05) is 13.2 Å². The standard InChI is InChI=1S/C14H21NO/c1-3-16-14-6-4-12(5-7-14)9-15-10-13-8-11(13)2/h4-7,11,13,15H,3,8-10H2,1-2H3. The van der Waals surface area contributed by atoms with Crippen LogP contribution in [-0.4, -0.2) is 13.2 Å². The van der Waals surface area contributed by atoms with Crippen molar-refractivity contribution < 1.29 is 4.74 Å². The first-order valence-electron chi connectivity index (χ1n) is 6.22. The van der Waals surface area contributed by atoms with E-state index < -0.39 is 0 Å². The fraction of sp³-hybridized carbons (Fsp3) is 0.571. The van der Waals surface area contributed by atoms with Crippen molar-refractivity contribution in [2.24, 2.45) is 11.8 Å². The van der Waals surface area contributed by atoms with Crippen molar-refractivity contribution >= 4 is 0 Å². The third-order valence-corrected chi connectivity index (χ3v) is 3.25. The Kier molecular flexibility index (Phi) is 3.83. The molecule has 0 bridgehead atoms. The fourth-order valence-electron chi connectivity index (χ4n) is 1.96. The minimum absolute atomic E-state index is 0.733. The molecule has 0 radical (unpaired) electrons. The molecule has 0 aromatic heterocycles. The second-order valence-corrected chi connectivity index (χ2v) is 4.68. The molecule has 0 spiro atoms. The highest BCUT2D eigenvalue weighted by molar-refractivity contribution is 5.27. The van der Waals surface area contributed by atoms with E-state index in [-0.39, 0.29) is 0 Å². The average molecular weight is 219 g/mol. The van der Waals surface area contributed by atoms with E-state index in [2.05, 4.69) is 24.4 Å². The van der Waals surface area contributed by atoms with Gasteiger partial charge in [-0.25, -0.2) is 0 Å². The summed E-state index contributed by atoms with van der Waals surface area (Å²) in [5.74, 6) is 2.82. The fourth-order valence-corrected chi connectivity index (χ4v) is 1.96. The monoisotopic (exact) mass is 219 g/mol. The SMILES string of the molecule is CCOc1ccc(CNCC2CC2C)cc1. The summed E-state index contributed by atoms with van der Waals surface area (Å²) in [6.07, 6.45) is 1.40. The lowest BCUT2D eigenvalue weighted by atomic mass is 10.2. The van der Waals surface area contributed by atoms with Crippen LogP contribution < -0.4 is 10.1 Å². The van der Waals surface area contributed by atoms with Crippen molar-refractivity contribution in [3.63, 3.8) is 0 Å². The van der Waals surface area contributed by atoms with Gasteiger partial charge >= 0.3 is 0 Å². The average Bonchev–Trinajstić information content (AvgIpc) is 2.98. The summed E-state index contributed by atoms with van der Waals surface area (Å²) in [5, 5.41) is 3.50. The van der Waals surface area contributed by atoms with Gasteiger partial charge in [-0.15, -0.1) is 0 Å². The summed E-state index contributed by atoms with van der Waals surface area (Å²) in [5.41, 5.74) is 1.33. The molecule has 2 heteroatoms. The zero-order valence-electron chi connectivity index (χ0n) is 10.2. The van der Waals surface area contributed by atoms with Gasteiger partial charge in [0.15, 0.2) is 0 Å². The Morgan fingerprint density at radius 1 is 1.31 bits per heavy atom. The molecule has 1 aliphatic rings. The van der Waals surface area contributed by atoms with Gasteiger partial charge in [0.2, 0.25) is 0 Å². The molecule has 88 valence electrons. The summed E-state index contributed by atoms with van der Waals surface area (Å²) in [6.45, 7) is 7.19. The molecule has 16 heavy (non-hydrogen) atoms. The zero-order chi connectivity index (χ0) is 11.4. The normalized spacial score (nSPS) is 23.1. The van der Waals surface area contributed by atoms with E-state index in [4.69, 9.17) is 4.74 Å². The van der Waals surface area contributed by atoms with Gasteiger partial charge in [-0.1, -0.05) is 19.1 Å². The summed E-state index contributed by atoms with van der Waals surface area (Å²) in [6, 6.07) is 8.35. The van der Waals surface area contributed by atoms with Crippen molar-refractivity contribution in [3.8, 4) is 5.75 Å². The first-order chi connectivity index (χ1) is 7.79. The van der Waals surface area contributed by atoms with Crippen molar-refractivity contribution in [1.82, 2.24) is 5.32 Å². The van der Waals surface area contributed by atoms with Crippen LogP contribution in [0.1, 0.15) is 25.8 Å². The van der Waals surface area contributed by atoms with Crippen molar-refractivity contribution in [3.05, 3.63) is 29.8 Å². The first kappa shape index (κ1) is 11.5. The molecule has 0 amide bonds. The molecule has 1 aliphatic carbocycles. The van der Waals surface area contributed by atoms with Crippen LogP contribution in [0.5, 0.6) is 5.75 Å². The third kappa shape index (κ3) is 3.24. The van der Waals surface area contributed by atoms with Gasteiger partial charge in [-0.2, -0.15) is 0 Å². The van der Waals surface area contributed by atoms with Crippen LogP contribution in [0, 0.1) is 11.8 Å². The van der Waals surface area contributed by atoms with Crippen molar-refractivity contribution in [2.45, 2.75) is 26.8 Å². The van der Waals surface area contributed by atoms with Crippen LogP contribution in [0.15, 0.2) is 24.3 Å². The molecule has 2 unspecified atom stereocenters. The second kappa shape index (κ2) is 5.35. The van der Waals surface area contributed by atoms with E-state index in [1.807, 2.05) is 19.1 Å². The van der Waals surface area contributed by atoms with Crippen LogP contribution in [-0.2, 0) is 6.54 Å². The number of hydrogen-bond acceptors (Lipinski definition) is 2. The quantitative estimate of drug-likeness (QED) is 0.794. The zero-order valence-corrected chi connectivity index (χ0v) is 10.2. The molecule has 2 atom stereocenters. The van der Waals surface area contributed by atoms with Gasteiger partial charge in [0.1, 0.15) is 5.75 Å². The molecule has 0 heterocycles. The van der Waals surface area contributed by atoms with E-state index in [9.17, 15) is 0 Å². The molecule has 1 aromatic carbocycles. The summed E-state index contributed by atoms with van der Waals surface area (Å²) in [4.78, 5) is 0. The van der Waals surface area contributed by atoms with Crippen LogP contribution in [0.3, 0.4) is 0 Å². The summed E-state index contributed by atoms with van der Waals surface area (Å²) in [7, 11) is 0. The Hall–Kier alpha value is -1.02. The molecule has 1 aromatic rings. The molecule has 0 saturated heterocycles. The molecule has 2 nitrogen and oxygen atoms in total. The third-order valence-electron chi connectivity index (χ3n) is 3.25. The maximum atomic E-state index is 5.41. The Labute approximate surface area is 98.0 Å². The van der Waals surface area contributed by atoms with Crippen LogP contribution >= 0.6 is 0 Å². The smallest absolute Gasteiger partial charge is 0.119 e. The molecular weight excluding hydrogens is 198 g/mol. The maximum absolute atomic E-state index is 5.41. The van der Waals surface area contributed by atoms with Gasteiger partial charge in [0, 0.05) is 6.54 Å². The Balaban J connectivity index is 1.72. The molecule has 1 N–H and O–H groups in total. The topological polar surface area (TPSA) is 21.3 Å². The van der Waals surface area contributed by atoms with E-state index in [1.165, 1.54) is 12.0 Å². The maximum Gasteiger partial charge on any atom is 0.119 e. The number of nitrogens with one attached hydrogen (secondary N) is 1. The predicted octanol–water partition coefficient (Wildman–Crippen LogP) is 2.83. The highest BCUT2D eigenvalue weighted by atomic mass is 16.5. The Morgan fingerprint density at radius 3 is 2.56 bits per heavy atom. The van der Waals surface area contributed by atoms with E-state index in [0.717, 1.165) is 37.3 Å². The van der Waals surface area contributed by atoms with Crippen molar-refractivity contribution in [1.29, 1.82) is 0 Å². The predicted molar refractivity (Wildman–Crippen MR) is 66.6 cm³/mol.